The predicted octanol–water partition coefficient (Wildman–Crippen LogP) is 12.7. The highest BCUT2D eigenvalue weighted by Crippen LogP contribution is 2.59. The zero-order valence-corrected chi connectivity index (χ0v) is 31.8. The average Bonchev–Trinajstić information content (AvgIpc) is 3.56. The monoisotopic (exact) mass is 736 g/mol. The van der Waals surface area contributed by atoms with Crippen LogP contribution in [0.3, 0.4) is 0 Å². The molecule has 3 nitrogen and oxygen atoms in total. The van der Waals surface area contributed by atoms with Crippen molar-refractivity contribution >= 4 is 21.5 Å². The molecule has 0 aromatic heterocycles. The second-order valence-corrected chi connectivity index (χ2v) is 15.0. The van der Waals surface area contributed by atoms with E-state index in [1.165, 1.54) is 60.5 Å². The summed E-state index contributed by atoms with van der Waals surface area (Å²) >= 11 is 0. The molecule has 0 saturated heterocycles. The molecule has 0 aliphatic heterocycles. The number of ether oxygens (including phenoxy) is 2. The minimum absolute atomic E-state index is 0.577. The summed E-state index contributed by atoms with van der Waals surface area (Å²) in [4.78, 5) is 0. The standard InChI is InChI=1S/C54H40O3/c1-36-16-19-40(20-17-36)53(51-35-39-12-7-6-11-38(39)34-50(51)49-33-18-37-10-8-9-15-48(37)52(49)53)41-21-29-46(30-22-41)57-47-31-25-44(26-32-47)54(55,42-13-4-3-5-14-42)43-23-27-45(56-2)28-24-43/h3-35,55H,1-2H3. The summed E-state index contributed by atoms with van der Waals surface area (Å²) in [5.41, 5.74) is 9.06. The first-order valence-electron chi connectivity index (χ1n) is 19.4. The van der Waals surface area contributed by atoms with Crippen molar-refractivity contribution in [2.24, 2.45) is 0 Å². The normalized spacial score (nSPS) is 15.5. The molecule has 0 radical (unpaired) electrons. The van der Waals surface area contributed by atoms with Crippen LogP contribution in [-0.4, -0.2) is 12.2 Å². The van der Waals surface area contributed by atoms with Crippen LogP contribution in [0.1, 0.15) is 44.5 Å². The van der Waals surface area contributed by atoms with Crippen LogP contribution in [0.5, 0.6) is 17.2 Å². The van der Waals surface area contributed by atoms with Gasteiger partial charge in [0.1, 0.15) is 22.8 Å². The molecule has 3 heteroatoms. The Morgan fingerprint density at radius 3 is 1.60 bits per heavy atom. The lowest BCUT2D eigenvalue weighted by molar-refractivity contribution is 0.125. The summed E-state index contributed by atoms with van der Waals surface area (Å²) in [6, 6.07) is 69.6. The maximum absolute atomic E-state index is 12.4. The van der Waals surface area contributed by atoms with Crippen molar-refractivity contribution in [1.29, 1.82) is 0 Å². The number of hydrogen-bond acceptors (Lipinski definition) is 3. The van der Waals surface area contributed by atoms with Crippen LogP contribution in [0.15, 0.2) is 200 Å². The quantitative estimate of drug-likeness (QED) is 0.158. The van der Waals surface area contributed by atoms with E-state index < -0.39 is 11.0 Å². The summed E-state index contributed by atoms with van der Waals surface area (Å²) in [5.74, 6) is 2.14. The van der Waals surface area contributed by atoms with Gasteiger partial charge in [-0.25, -0.2) is 0 Å². The molecule has 2 unspecified atom stereocenters. The van der Waals surface area contributed by atoms with Crippen LogP contribution in [-0.2, 0) is 11.0 Å². The molecule has 274 valence electrons. The number of fused-ring (bicyclic) bond motifs is 6. The highest BCUT2D eigenvalue weighted by Gasteiger charge is 2.47. The molecule has 9 aromatic rings. The fraction of sp³-hybridized carbons (Fsp3) is 0.0741. The molecule has 0 heterocycles. The van der Waals surface area contributed by atoms with Crippen molar-refractivity contribution in [2.45, 2.75) is 17.9 Å². The Hall–Kier alpha value is -6.94. The lowest BCUT2D eigenvalue weighted by Crippen LogP contribution is -2.29. The van der Waals surface area contributed by atoms with E-state index >= 15 is 0 Å². The largest absolute Gasteiger partial charge is 0.497 e. The van der Waals surface area contributed by atoms with E-state index in [4.69, 9.17) is 9.47 Å². The minimum Gasteiger partial charge on any atom is -0.497 e. The first-order valence-corrected chi connectivity index (χ1v) is 19.4. The second kappa shape index (κ2) is 13.7. The molecule has 10 rings (SSSR count). The van der Waals surface area contributed by atoms with Crippen molar-refractivity contribution in [3.05, 3.63) is 245 Å². The van der Waals surface area contributed by atoms with Crippen molar-refractivity contribution in [3.63, 3.8) is 0 Å². The highest BCUT2D eigenvalue weighted by molar-refractivity contribution is 6.03. The Bertz CT molecular complexity index is 2900. The fourth-order valence-electron chi connectivity index (χ4n) is 9.06. The smallest absolute Gasteiger partial charge is 0.140 e. The third-order valence-electron chi connectivity index (χ3n) is 11.9. The summed E-state index contributed by atoms with van der Waals surface area (Å²) in [5, 5.41) is 17.3. The molecule has 1 aliphatic rings. The molecule has 0 spiro atoms. The zero-order chi connectivity index (χ0) is 38.6. The minimum atomic E-state index is -1.37. The van der Waals surface area contributed by atoms with E-state index in [9.17, 15) is 5.11 Å². The first kappa shape index (κ1) is 34.5. The number of rotatable bonds is 8. The number of hydrogen-bond donors (Lipinski definition) is 1. The van der Waals surface area contributed by atoms with Gasteiger partial charge in [-0.05, 0) is 127 Å². The topological polar surface area (TPSA) is 38.7 Å². The van der Waals surface area contributed by atoms with E-state index in [1.54, 1.807) is 7.11 Å². The first-order chi connectivity index (χ1) is 28.0. The Labute approximate surface area is 333 Å². The molecule has 1 N–H and O–H groups in total. The van der Waals surface area contributed by atoms with E-state index in [0.717, 1.165) is 28.2 Å². The lowest BCUT2D eigenvalue weighted by atomic mass is 9.66. The summed E-state index contributed by atoms with van der Waals surface area (Å²) in [6.45, 7) is 2.15. The van der Waals surface area contributed by atoms with Gasteiger partial charge in [-0.1, -0.05) is 157 Å². The fourth-order valence-corrected chi connectivity index (χ4v) is 9.06. The van der Waals surface area contributed by atoms with E-state index in [2.05, 4.69) is 128 Å². The van der Waals surface area contributed by atoms with Crippen LogP contribution < -0.4 is 9.47 Å². The third kappa shape index (κ3) is 5.54. The molecule has 2 atom stereocenters. The maximum atomic E-state index is 12.4. The SMILES string of the molecule is COc1ccc(C(O)(c2ccccc2)c2ccc(Oc3ccc(C4(c5ccc(C)cc5)c5cc6ccccc6cc5-c5ccc6ccccc6c54)cc3)cc2)cc1. The van der Waals surface area contributed by atoms with Gasteiger partial charge < -0.3 is 14.6 Å². The lowest BCUT2D eigenvalue weighted by Gasteiger charge is -2.35. The average molecular weight is 737 g/mol. The van der Waals surface area contributed by atoms with Gasteiger partial charge in [0.05, 0.1) is 12.5 Å². The Morgan fingerprint density at radius 2 is 0.965 bits per heavy atom. The van der Waals surface area contributed by atoms with Gasteiger partial charge in [-0.15, -0.1) is 0 Å². The van der Waals surface area contributed by atoms with Crippen molar-refractivity contribution in [2.75, 3.05) is 7.11 Å². The van der Waals surface area contributed by atoms with Crippen LogP contribution >= 0.6 is 0 Å². The molecule has 0 bridgehead atoms. The van der Waals surface area contributed by atoms with Crippen LogP contribution in [0.25, 0.3) is 32.7 Å². The zero-order valence-electron chi connectivity index (χ0n) is 31.8. The van der Waals surface area contributed by atoms with E-state index in [0.29, 0.717) is 5.75 Å². The van der Waals surface area contributed by atoms with Gasteiger partial charge >= 0.3 is 0 Å². The highest BCUT2D eigenvalue weighted by atomic mass is 16.5. The molecule has 1 aliphatic carbocycles. The van der Waals surface area contributed by atoms with Gasteiger partial charge in [0.2, 0.25) is 0 Å². The number of aliphatic hydroxyl groups is 1. The second-order valence-electron chi connectivity index (χ2n) is 15.0. The third-order valence-corrected chi connectivity index (χ3v) is 11.9. The Balaban J connectivity index is 1.07. The van der Waals surface area contributed by atoms with Crippen LogP contribution in [0, 0.1) is 6.92 Å². The van der Waals surface area contributed by atoms with E-state index in [1.807, 2.05) is 78.9 Å². The van der Waals surface area contributed by atoms with Gasteiger partial charge in [0, 0.05) is 0 Å². The van der Waals surface area contributed by atoms with Gasteiger partial charge in [0.25, 0.3) is 0 Å². The summed E-state index contributed by atoms with van der Waals surface area (Å²) in [6.07, 6.45) is 0. The summed E-state index contributed by atoms with van der Waals surface area (Å²) < 4.78 is 11.9. The molecule has 0 amide bonds. The van der Waals surface area contributed by atoms with Crippen molar-refractivity contribution in [1.82, 2.24) is 0 Å². The summed E-state index contributed by atoms with van der Waals surface area (Å²) in [7, 11) is 1.64. The van der Waals surface area contributed by atoms with Gasteiger partial charge in [-0.3, -0.25) is 0 Å². The number of methoxy groups -OCH3 is 1. The molecule has 0 fully saturated rings. The van der Waals surface area contributed by atoms with Crippen LogP contribution in [0.4, 0.5) is 0 Å². The van der Waals surface area contributed by atoms with Gasteiger partial charge in [0.15, 0.2) is 0 Å². The molecular weight excluding hydrogens is 697 g/mol. The maximum Gasteiger partial charge on any atom is 0.140 e. The van der Waals surface area contributed by atoms with Crippen LogP contribution in [0.2, 0.25) is 0 Å². The molecular formula is C54H40O3. The molecule has 9 aromatic carbocycles. The van der Waals surface area contributed by atoms with Crippen molar-refractivity contribution < 1.29 is 14.6 Å². The number of benzene rings is 9. The van der Waals surface area contributed by atoms with E-state index in [-0.39, 0.29) is 0 Å². The van der Waals surface area contributed by atoms with Crippen molar-refractivity contribution in [3.8, 4) is 28.4 Å². The predicted molar refractivity (Wildman–Crippen MR) is 232 cm³/mol. The van der Waals surface area contributed by atoms with Gasteiger partial charge in [-0.2, -0.15) is 0 Å². The molecule has 0 saturated carbocycles. The number of aryl methyl sites for hydroxylation is 1. The Morgan fingerprint density at radius 1 is 0.456 bits per heavy atom. The Kier molecular flexibility index (Phi) is 8.28. The molecule has 57 heavy (non-hydrogen) atoms.